The molecule has 4 N–H and O–H groups in total. The summed E-state index contributed by atoms with van der Waals surface area (Å²) >= 11 is 0. The Hall–Kier alpha value is -3.79. The maximum absolute atomic E-state index is 12.1. The van der Waals surface area contributed by atoms with Crippen LogP contribution in [0.4, 0.5) is 0 Å². The van der Waals surface area contributed by atoms with Crippen LogP contribution < -0.4 is 25.7 Å². The fourth-order valence-electron chi connectivity index (χ4n) is 2.27. The van der Waals surface area contributed by atoms with E-state index in [-0.39, 0.29) is 42.1 Å². The molecule has 0 saturated heterocycles. The van der Waals surface area contributed by atoms with Gasteiger partial charge in [0.25, 0.3) is 11.8 Å². The first kappa shape index (κ1) is 19.0. The highest BCUT2D eigenvalue weighted by Gasteiger charge is 2.24. The molecule has 1 amide bonds. The second kappa shape index (κ2) is 8.73. The summed E-state index contributed by atoms with van der Waals surface area (Å²) in [6.45, 7) is 0.355. The maximum atomic E-state index is 12.1. The van der Waals surface area contributed by atoms with Crippen molar-refractivity contribution in [2.45, 2.75) is 0 Å². The lowest BCUT2D eigenvalue weighted by atomic mass is 10.3. The summed E-state index contributed by atoms with van der Waals surface area (Å²) < 4.78 is 16.7. The number of nitrogens with zero attached hydrogens (tertiary/aromatic N) is 4. The van der Waals surface area contributed by atoms with E-state index in [9.17, 15) is 4.79 Å². The number of carbonyl (C=O) groups is 1. The molecule has 10 nitrogen and oxygen atoms in total. The summed E-state index contributed by atoms with van der Waals surface area (Å²) in [5.74, 6) is 0.144. The number of ether oxygens (including phenoxy) is 3. The molecule has 2 heterocycles. The Morgan fingerprint density at radius 2 is 1.75 bits per heavy atom. The Bertz CT molecular complexity index is 968. The third-order valence-electron chi connectivity index (χ3n) is 3.47. The number of benzene rings is 1. The van der Waals surface area contributed by atoms with Gasteiger partial charge in [0.2, 0.25) is 11.6 Å². The second-order valence-electron chi connectivity index (χ2n) is 5.36. The van der Waals surface area contributed by atoms with Crippen molar-refractivity contribution in [2.75, 3.05) is 20.3 Å². The Balaban J connectivity index is 2.14. The largest absolute Gasteiger partial charge is 0.493 e. The van der Waals surface area contributed by atoms with Gasteiger partial charge in [-0.05, 0) is 18.2 Å². The van der Waals surface area contributed by atoms with E-state index < -0.39 is 5.91 Å². The maximum Gasteiger partial charge on any atom is 0.271 e. The molecule has 0 atom stereocenters. The lowest BCUT2D eigenvalue weighted by Gasteiger charge is -2.15. The van der Waals surface area contributed by atoms with Crippen molar-refractivity contribution < 1.29 is 19.0 Å². The number of aromatic nitrogens is 4. The van der Waals surface area contributed by atoms with Crippen molar-refractivity contribution in [3.05, 3.63) is 48.4 Å². The Morgan fingerprint density at radius 3 is 2.39 bits per heavy atom. The van der Waals surface area contributed by atoms with Gasteiger partial charge in [-0.3, -0.25) is 4.79 Å². The van der Waals surface area contributed by atoms with Gasteiger partial charge in [-0.1, -0.05) is 12.1 Å². The van der Waals surface area contributed by atoms with E-state index in [4.69, 9.17) is 25.7 Å². The molecule has 2 aromatic heterocycles. The summed E-state index contributed by atoms with van der Waals surface area (Å²) in [5, 5.41) is 0. The highest BCUT2D eigenvalue weighted by molar-refractivity contribution is 5.94. The van der Waals surface area contributed by atoms with Crippen LogP contribution in [0.25, 0.3) is 11.6 Å². The number of amides is 1. The summed E-state index contributed by atoms with van der Waals surface area (Å²) in [6, 6.07) is 8.52. The van der Waals surface area contributed by atoms with Gasteiger partial charge in [-0.15, -0.1) is 0 Å². The van der Waals surface area contributed by atoms with E-state index in [0.717, 1.165) is 0 Å². The molecule has 0 radical (unpaired) electrons. The van der Waals surface area contributed by atoms with Crippen molar-refractivity contribution in [3.8, 4) is 34.8 Å². The first-order valence-corrected chi connectivity index (χ1v) is 8.27. The van der Waals surface area contributed by atoms with Crippen LogP contribution in [0.5, 0.6) is 23.1 Å². The number of rotatable bonds is 8. The Labute approximate surface area is 160 Å². The quantitative estimate of drug-likeness (QED) is 0.585. The summed E-state index contributed by atoms with van der Waals surface area (Å²) in [4.78, 5) is 28.7. The van der Waals surface area contributed by atoms with E-state index in [1.54, 1.807) is 30.3 Å². The topological polar surface area (TPSA) is 148 Å². The van der Waals surface area contributed by atoms with Crippen molar-refractivity contribution >= 4 is 5.91 Å². The van der Waals surface area contributed by atoms with Crippen LogP contribution in [0.15, 0.2) is 42.7 Å². The average molecular weight is 382 g/mol. The van der Waals surface area contributed by atoms with E-state index >= 15 is 0 Å². The van der Waals surface area contributed by atoms with Gasteiger partial charge in [0.05, 0.1) is 7.11 Å². The monoisotopic (exact) mass is 382 g/mol. The molecular formula is C18H18N6O4. The number of carbonyl (C=O) groups excluding carboxylic acids is 1. The zero-order chi connectivity index (χ0) is 19.9. The molecule has 0 aliphatic heterocycles. The lowest BCUT2D eigenvalue weighted by molar-refractivity contribution is 0.0991. The lowest BCUT2D eigenvalue weighted by Crippen LogP contribution is -2.18. The van der Waals surface area contributed by atoms with Gasteiger partial charge >= 0.3 is 0 Å². The van der Waals surface area contributed by atoms with Gasteiger partial charge in [0.1, 0.15) is 6.61 Å². The molecule has 10 heteroatoms. The summed E-state index contributed by atoms with van der Waals surface area (Å²) in [7, 11) is 1.50. The van der Waals surface area contributed by atoms with Crippen LogP contribution in [0.3, 0.4) is 0 Å². The van der Waals surface area contributed by atoms with Crippen molar-refractivity contribution in [2.24, 2.45) is 11.5 Å². The Morgan fingerprint density at radius 1 is 1.04 bits per heavy atom. The van der Waals surface area contributed by atoms with Crippen molar-refractivity contribution in [1.29, 1.82) is 0 Å². The highest BCUT2D eigenvalue weighted by Crippen LogP contribution is 2.37. The van der Waals surface area contributed by atoms with Gasteiger partial charge in [-0.25, -0.2) is 15.0 Å². The molecule has 0 bridgehead atoms. The predicted molar refractivity (Wildman–Crippen MR) is 99.2 cm³/mol. The molecule has 144 valence electrons. The molecule has 3 rings (SSSR count). The molecule has 0 fully saturated rings. The van der Waals surface area contributed by atoms with E-state index in [1.165, 1.54) is 19.5 Å². The molecule has 1 aromatic carbocycles. The van der Waals surface area contributed by atoms with Gasteiger partial charge in [0, 0.05) is 18.9 Å². The average Bonchev–Trinajstić information content (AvgIpc) is 2.73. The number of para-hydroxylation sites is 2. The third-order valence-corrected chi connectivity index (χ3v) is 3.47. The highest BCUT2D eigenvalue weighted by atomic mass is 16.5. The molecule has 0 aliphatic rings. The fraction of sp³-hybridized carbons (Fsp3) is 0.167. The first-order valence-electron chi connectivity index (χ1n) is 8.27. The molecule has 3 aromatic rings. The number of primary amides is 1. The smallest absolute Gasteiger partial charge is 0.271 e. The van der Waals surface area contributed by atoms with Crippen molar-refractivity contribution in [3.63, 3.8) is 0 Å². The van der Waals surface area contributed by atoms with Gasteiger partial charge in [-0.2, -0.15) is 4.98 Å². The molecule has 0 aliphatic carbocycles. The molecule has 0 spiro atoms. The van der Waals surface area contributed by atoms with Gasteiger partial charge < -0.3 is 25.7 Å². The third kappa shape index (κ3) is 4.13. The van der Waals surface area contributed by atoms with Crippen molar-refractivity contribution in [1.82, 2.24) is 19.9 Å². The minimum Gasteiger partial charge on any atom is -0.493 e. The standard InChI is InChI=1S/C18H18N6O4/c1-26-11-5-2-3-6-12(11)28-14-13(15(20)25)23-17(16-21-8-4-9-22-16)24-18(14)27-10-7-19/h2-6,8-9H,7,10,19H2,1H3,(H2,20,25). The van der Waals surface area contributed by atoms with Crippen LogP contribution in [0.1, 0.15) is 10.5 Å². The van der Waals surface area contributed by atoms with Gasteiger partial charge in [0.15, 0.2) is 23.0 Å². The zero-order valence-electron chi connectivity index (χ0n) is 15.0. The molecule has 0 saturated carbocycles. The summed E-state index contributed by atoms with van der Waals surface area (Å²) in [6.07, 6.45) is 3.05. The van der Waals surface area contributed by atoms with Crippen LogP contribution in [0, 0.1) is 0 Å². The van der Waals surface area contributed by atoms with Crippen LogP contribution in [-0.2, 0) is 0 Å². The zero-order valence-corrected chi connectivity index (χ0v) is 15.0. The van der Waals surface area contributed by atoms with E-state index in [2.05, 4.69) is 19.9 Å². The normalized spacial score (nSPS) is 10.4. The Kier molecular flexibility index (Phi) is 5.92. The fourth-order valence-corrected chi connectivity index (χ4v) is 2.27. The van der Waals surface area contributed by atoms with Crippen LogP contribution in [-0.4, -0.2) is 46.1 Å². The number of nitrogens with two attached hydrogens (primary N) is 2. The SMILES string of the molecule is COc1ccccc1Oc1c(OCCN)nc(-c2ncccn2)nc1C(N)=O. The molecule has 28 heavy (non-hydrogen) atoms. The number of methoxy groups -OCH3 is 1. The first-order chi connectivity index (χ1) is 13.6. The van der Waals surface area contributed by atoms with Crippen LogP contribution >= 0.6 is 0 Å². The minimum absolute atomic E-state index is 0.0115. The van der Waals surface area contributed by atoms with E-state index in [1.807, 2.05) is 0 Å². The molecular weight excluding hydrogens is 364 g/mol. The van der Waals surface area contributed by atoms with Crippen LogP contribution in [0.2, 0.25) is 0 Å². The second-order valence-corrected chi connectivity index (χ2v) is 5.36. The summed E-state index contributed by atoms with van der Waals surface area (Å²) in [5.41, 5.74) is 10.9. The predicted octanol–water partition coefficient (Wildman–Crippen LogP) is 1.17. The number of hydrogen-bond acceptors (Lipinski definition) is 9. The molecule has 0 unspecified atom stereocenters. The minimum atomic E-state index is -0.831. The van der Waals surface area contributed by atoms with E-state index in [0.29, 0.717) is 11.5 Å². The number of hydrogen-bond donors (Lipinski definition) is 2.